The molecule has 1 rings (SSSR count). The predicted molar refractivity (Wildman–Crippen MR) is 85.7 cm³/mol. The van der Waals surface area contributed by atoms with Crippen LogP contribution < -0.4 is 9.62 Å². The van der Waals surface area contributed by atoms with Crippen LogP contribution in [-0.4, -0.2) is 33.2 Å². The Kier molecular flexibility index (Phi) is 6.80. The molecule has 0 fully saturated rings. The molecule has 0 saturated carbocycles. The van der Waals surface area contributed by atoms with Gasteiger partial charge in [0.2, 0.25) is 15.9 Å². The summed E-state index contributed by atoms with van der Waals surface area (Å²) in [7, 11) is -3.66. The van der Waals surface area contributed by atoms with Crippen molar-refractivity contribution in [1.82, 2.24) is 5.32 Å². The summed E-state index contributed by atoms with van der Waals surface area (Å²) in [6, 6.07) is 4.12. The highest BCUT2D eigenvalue weighted by atomic mass is 32.2. The molecule has 0 aromatic heterocycles. The summed E-state index contributed by atoms with van der Waals surface area (Å²) in [6.45, 7) is 4.09. The van der Waals surface area contributed by atoms with E-state index in [0.717, 1.165) is 29.8 Å². The molecule has 0 aliphatic carbocycles. The Bertz CT molecular complexity index is 587. The lowest BCUT2D eigenvalue weighted by Crippen LogP contribution is -2.48. The molecule has 1 atom stereocenters. The van der Waals surface area contributed by atoms with Gasteiger partial charge in [-0.3, -0.25) is 9.10 Å². The summed E-state index contributed by atoms with van der Waals surface area (Å²) in [5.74, 6) is -0.834. The number of benzene rings is 1. The zero-order valence-corrected chi connectivity index (χ0v) is 14.0. The van der Waals surface area contributed by atoms with E-state index in [4.69, 9.17) is 0 Å². The fraction of sp³-hybridized carbons (Fsp3) is 0.533. The zero-order chi connectivity index (χ0) is 16.8. The van der Waals surface area contributed by atoms with Crippen molar-refractivity contribution < 1.29 is 17.6 Å². The molecule has 0 aliphatic heterocycles. The fourth-order valence-corrected chi connectivity index (χ4v) is 3.31. The van der Waals surface area contributed by atoms with E-state index in [0.29, 0.717) is 6.54 Å². The maximum absolute atomic E-state index is 13.0. The number of amides is 1. The molecule has 0 aliphatic rings. The number of hydrogen-bond donors (Lipinski definition) is 1. The lowest BCUT2D eigenvalue weighted by molar-refractivity contribution is -0.121. The van der Waals surface area contributed by atoms with Gasteiger partial charge in [0, 0.05) is 6.54 Å². The lowest BCUT2D eigenvalue weighted by Gasteiger charge is -2.28. The minimum Gasteiger partial charge on any atom is -0.354 e. The smallest absolute Gasteiger partial charge is 0.243 e. The summed E-state index contributed by atoms with van der Waals surface area (Å²) in [5.41, 5.74) is 0.264. The van der Waals surface area contributed by atoms with Crippen LogP contribution in [0.3, 0.4) is 0 Å². The summed E-state index contributed by atoms with van der Waals surface area (Å²) in [5, 5.41) is 2.73. The van der Waals surface area contributed by atoms with Crippen molar-refractivity contribution in [3.63, 3.8) is 0 Å². The Morgan fingerprint density at radius 2 is 1.86 bits per heavy atom. The topological polar surface area (TPSA) is 66.5 Å². The first kappa shape index (κ1) is 18.4. The SMILES string of the molecule is CCCCCNC(=O)[C@@H](C)N(c1ccc(F)cc1)S(C)(=O)=O. The normalized spacial score (nSPS) is 12.7. The van der Waals surface area contributed by atoms with Crippen LogP contribution in [0.5, 0.6) is 0 Å². The molecule has 7 heteroatoms. The second-order valence-corrected chi connectivity index (χ2v) is 7.07. The van der Waals surface area contributed by atoms with E-state index < -0.39 is 21.9 Å². The molecule has 0 bridgehead atoms. The van der Waals surface area contributed by atoms with Crippen molar-refractivity contribution in [1.29, 1.82) is 0 Å². The van der Waals surface area contributed by atoms with E-state index >= 15 is 0 Å². The monoisotopic (exact) mass is 330 g/mol. The number of rotatable bonds is 8. The third-order valence-corrected chi connectivity index (χ3v) is 4.49. The first-order valence-corrected chi connectivity index (χ1v) is 9.15. The Balaban J connectivity index is 2.88. The van der Waals surface area contributed by atoms with E-state index in [9.17, 15) is 17.6 Å². The largest absolute Gasteiger partial charge is 0.354 e. The molecule has 0 spiro atoms. The van der Waals surface area contributed by atoms with Gasteiger partial charge in [-0.15, -0.1) is 0 Å². The van der Waals surface area contributed by atoms with Crippen molar-refractivity contribution in [2.75, 3.05) is 17.1 Å². The van der Waals surface area contributed by atoms with Gasteiger partial charge in [0.15, 0.2) is 0 Å². The fourth-order valence-electron chi connectivity index (χ4n) is 2.13. The summed E-state index contributed by atoms with van der Waals surface area (Å²) in [6.07, 6.45) is 3.92. The van der Waals surface area contributed by atoms with E-state index in [2.05, 4.69) is 12.2 Å². The molecule has 0 unspecified atom stereocenters. The molecule has 5 nitrogen and oxygen atoms in total. The second kappa shape index (κ2) is 8.12. The number of unbranched alkanes of at least 4 members (excludes halogenated alkanes) is 2. The van der Waals surface area contributed by atoms with Gasteiger partial charge < -0.3 is 5.32 Å². The number of nitrogens with one attached hydrogen (secondary N) is 1. The van der Waals surface area contributed by atoms with Crippen molar-refractivity contribution in [2.45, 2.75) is 39.2 Å². The van der Waals surface area contributed by atoms with Crippen molar-refractivity contribution in [3.05, 3.63) is 30.1 Å². The Labute approximate surface area is 131 Å². The van der Waals surface area contributed by atoms with Gasteiger partial charge in [0.25, 0.3) is 0 Å². The van der Waals surface area contributed by atoms with Crippen LogP contribution in [-0.2, 0) is 14.8 Å². The molecule has 1 amide bonds. The standard InChI is InChI=1S/C15H23FN2O3S/c1-4-5-6-11-17-15(19)12(2)18(22(3,20)21)14-9-7-13(16)8-10-14/h7-10,12H,4-6,11H2,1-3H3,(H,17,19)/t12-/m1/s1. The predicted octanol–water partition coefficient (Wildman–Crippen LogP) is 2.29. The highest BCUT2D eigenvalue weighted by molar-refractivity contribution is 7.92. The number of carbonyl (C=O) groups excluding carboxylic acids is 1. The molecule has 1 N–H and O–H groups in total. The van der Waals surface area contributed by atoms with Crippen molar-refractivity contribution >= 4 is 21.6 Å². The minimum absolute atomic E-state index is 0.264. The highest BCUT2D eigenvalue weighted by Gasteiger charge is 2.28. The third-order valence-electron chi connectivity index (χ3n) is 3.25. The summed E-state index contributed by atoms with van der Waals surface area (Å²) in [4.78, 5) is 12.1. The van der Waals surface area contributed by atoms with Crippen molar-refractivity contribution in [3.8, 4) is 0 Å². The van der Waals surface area contributed by atoms with Crippen LogP contribution in [0.1, 0.15) is 33.1 Å². The molecule has 0 saturated heterocycles. The van der Waals surface area contributed by atoms with E-state index in [1.807, 2.05) is 0 Å². The minimum atomic E-state index is -3.66. The molecular formula is C15H23FN2O3S. The first-order valence-electron chi connectivity index (χ1n) is 7.30. The Hall–Kier alpha value is -1.63. The van der Waals surface area contributed by atoms with Gasteiger partial charge >= 0.3 is 0 Å². The van der Waals surface area contributed by atoms with Gasteiger partial charge in [0.05, 0.1) is 11.9 Å². The lowest BCUT2D eigenvalue weighted by atomic mass is 10.2. The number of carbonyl (C=O) groups is 1. The number of halogens is 1. The Morgan fingerprint density at radius 3 is 2.36 bits per heavy atom. The first-order chi connectivity index (χ1) is 10.3. The van der Waals surface area contributed by atoms with E-state index in [-0.39, 0.29) is 11.6 Å². The maximum Gasteiger partial charge on any atom is 0.243 e. The van der Waals surface area contributed by atoms with Gasteiger partial charge in [-0.1, -0.05) is 19.8 Å². The number of nitrogens with zero attached hydrogens (tertiary/aromatic N) is 1. The molecule has 1 aromatic rings. The number of sulfonamides is 1. The van der Waals surface area contributed by atoms with Crippen molar-refractivity contribution in [2.24, 2.45) is 0 Å². The molecular weight excluding hydrogens is 307 g/mol. The summed E-state index contributed by atoms with van der Waals surface area (Å²) >= 11 is 0. The van der Waals surface area contributed by atoms with Gasteiger partial charge in [-0.2, -0.15) is 0 Å². The van der Waals surface area contributed by atoms with Gasteiger partial charge in [-0.25, -0.2) is 12.8 Å². The number of hydrogen-bond acceptors (Lipinski definition) is 3. The van der Waals surface area contributed by atoms with Crippen LogP contribution in [0.4, 0.5) is 10.1 Å². The second-order valence-electron chi connectivity index (χ2n) is 5.21. The average Bonchev–Trinajstić information content (AvgIpc) is 2.44. The molecule has 22 heavy (non-hydrogen) atoms. The van der Waals surface area contributed by atoms with Crippen LogP contribution in [0.2, 0.25) is 0 Å². The zero-order valence-electron chi connectivity index (χ0n) is 13.2. The quantitative estimate of drug-likeness (QED) is 0.744. The van der Waals surface area contributed by atoms with Gasteiger partial charge in [-0.05, 0) is 37.6 Å². The highest BCUT2D eigenvalue weighted by Crippen LogP contribution is 2.21. The molecule has 124 valence electrons. The van der Waals surface area contributed by atoms with Crippen LogP contribution >= 0.6 is 0 Å². The Morgan fingerprint density at radius 1 is 1.27 bits per heavy atom. The third kappa shape index (κ3) is 5.29. The molecule has 1 aromatic carbocycles. The maximum atomic E-state index is 13.0. The van der Waals surface area contributed by atoms with Crippen LogP contribution in [0.15, 0.2) is 24.3 Å². The average molecular weight is 330 g/mol. The number of anilines is 1. The van der Waals surface area contributed by atoms with Gasteiger partial charge in [0.1, 0.15) is 11.9 Å². The molecule has 0 heterocycles. The molecule has 0 radical (unpaired) electrons. The van der Waals surface area contributed by atoms with E-state index in [1.165, 1.54) is 31.2 Å². The summed E-state index contributed by atoms with van der Waals surface area (Å²) < 4.78 is 38.0. The van der Waals surface area contributed by atoms with Crippen LogP contribution in [0, 0.1) is 5.82 Å². The van der Waals surface area contributed by atoms with E-state index in [1.54, 1.807) is 0 Å². The van der Waals surface area contributed by atoms with Crippen LogP contribution in [0.25, 0.3) is 0 Å².